The molecule has 4 nitrogen and oxygen atoms in total. The Morgan fingerprint density at radius 3 is 2.65 bits per heavy atom. The van der Waals surface area contributed by atoms with Gasteiger partial charge >= 0.3 is 0 Å². The van der Waals surface area contributed by atoms with Gasteiger partial charge in [-0.05, 0) is 30.2 Å². The summed E-state index contributed by atoms with van der Waals surface area (Å²) in [4.78, 5) is 11.4. The van der Waals surface area contributed by atoms with Gasteiger partial charge in [-0.1, -0.05) is 42.5 Å². The Morgan fingerprint density at radius 1 is 1.20 bits per heavy atom. The highest BCUT2D eigenvalue weighted by atomic mass is 16.5. The molecule has 0 fully saturated rings. The molecule has 0 aliphatic rings. The van der Waals surface area contributed by atoms with Crippen LogP contribution in [0.5, 0.6) is 0 Å². The maximum atomic E-state index is 11.4. The third kappa shape index (κ3) is 3.66. The zero-order valence-corrected chi connectivity index (χ0v) is 11.4. The van der Waals surface area contributed by atoms with E-state index < -0.39 is 0 Å². The number of hydrogen-bond acceptors (Lipinski definition) is 3. The Kier molecular flexibility index (Phi) is 4.87. The van der Waals surface area contributed by atoms with E-state index in [0.29, 0.717) is 12.2 Å². The number of benzene rings is 2. The minimum atomic E-state index is -0.303. The van der Waals surface area contributed by atoms with Crippen LogP contribution < -0.4 is 11.3 Å². The molecule has 20 heavy (non-hydrogen) atoms. The summed E-state index contributed by atoms with van der Waals surface area (Å²) in [5, 5.41) is 0. The van der Waals surface area contributed by atoms with Crippen LogP contribution in [-0.2, 0) is 11.3 Å². The fourth-order valence-electron chi connectivity index (χ4n) is 1.93. The van der Waals surface area contributed by atoms with E-state index in [1.807, 2.05) is 49.4 Å². The lowest BCUT2D eigenvalue weighted by molar-refractivity contribution is 0.0525. The average molecular weight is 270 g/mol. The van der Waals surface area contributed by atoms with E-state index >= 15 is 0 Å². The smallest absolute Gasteiger partial charge is 0.265 e. The molecule has 2 aromatic rings. The van der Waals surface area contributed by atoms with Crippen LogP contribution in [0.4, 0.5) is 0 Å². The first-order valence-electron chi connectivity index (χ1n) is 6.47. The molecule has 0 spiro atoms. The first-order valence-corrected chi connectivity index (χ1v) is 6.47. The molecule has 104 valence electrons. The van der Waals surface area contributed by atoms with Gasteiger partial charge in [-0.25, -0.2) is 5.84 Å². The van der Waals surface area contributed by atoms with E-state index in [-0.39, 0.29) is 12.0 Å². The molecule has 0 bridgehead atoms. The van der Waals surface area contributed by atoms with Crippen LogP contribution in [0.2, 0.25) is 0 Å². The van der Waals surface area contributed by atoms with E-state index in [0.717, 1.165) is 11.1 Å². The Morgan fingerprint density at radius 2 is 1.95 bits per heavy atom. The number of rotatable bonds is 5. The quantitative estimate of drug-likeness (QED) is 0.498. The summed E-state index contributed by atoms with van der Waals surface area (Å²) in [5.74, 6) is 4.82. The van der Waals surface area contributed by atoms with Crippen LogP contribution in [0.3, 0.4) is 0 Å². The van der Waals surface area contributed by atoms with Gasteiger partial charge in [0, 0.05) is 5.56 Å². The largest absolute Gasteiger partial charge is 0.369 e. The Balaban J connectivity index is 1.99. The van der Waals surface area contributed by atoms with Crippen LogP contribution >= 0.6 is 0 Å². The van der Waals surface area contributed by atoms with E-state index in [1.54, 1.807) is 12.1 Å². The standard InChI is InChI=1S/C16H18N2O2/c1-12(14-7-3-2-4-8-14)20-11-13-6-5-9-15(10-13)16(19)18-17/h2-10,12H,11,17H2,1H3,(H,18,19). The lowest BCUT2D eigenvalue weighted by Crippen LogP contribution is -2.29. The monoisotopic (exact) mass is 270 g/mol. The van der Waals surface area contributed by atoms with Crippen LogP contribution in [-0.4, -0.2) is 5.91 Å². The summed E-state index contributed by atoms with van der Waals surface area (Å²) in [6.45, 7) is 2.45. The van der Waals surface area contributed by atoms with Gasteiger partial charge in [0.1, 0.15) is 0 Å². The van der Waals surface area contributed by atoms with Crippen molar-refractivity contribution >= 4 is 5.91 Å². The van der Waals surface area contributed by atoms with Gasteiger partial charge in [-0.15, -0.1) is 0 Å². The van der Waals surface area contributed by atoms with Crippen molar-refractivity contribution < 1.29 is 9.53 Å². The van der Waals surface area contributed by atoms with Crippen LogP contribution in [0, 0.1) is 0 Å². The van der Waals surface area contributed by atoms with Crippen molar-refractivity contribution in [3.05, 3.63) is 71.3 Å². The minimum Gasteiger partial charge on any atom is -0.369 e. The van der Waals surface area contributed by atoms with Gasteiger partial charge < -0.3 is 4.74 Å². The van der Waals surface area contributed by atoms with Gasteiger partial charge in [0.05, 0.1) is 12.7 Å². The zero-order valence-electron chi connectivity index (χ0n) is 11.4. The summed E-state index contributed by atoms with van der Waals surface area (Å²) < 4.78 is 5.82. The lowest BCUT2D eigenvalue weighted by Gasteiger charge is -2.13. The number of carbonyl (C=O) groups excluding carboxylic acids is 1. The maximum Gasteiger partial charge on any atom is 0.265 e. The fraction of sp³-hybridized carbons (Fsp3) is 0.188. The number of amides is 1. The summed E-state index contributed by atoms with van der Waals surface area (Å²) in [7, 11) is 0. The summed E-state index contributed by atoms with van der Waals surface area (Å²) >= 11 is 0. The van der Waals surface area contributed by atoms with Gasteiger partial charge in [-0.2, -0.15) is 0 Å². The van der Waals surface area contributed by atoms with E-state index in [4.69, 9.17) is 10.6 Å². The molecule has 1 amide bonds. The molecule has 2 rings (SSSR count). The molecular formula is C16H18N2O2. The molecule has 0 aromatic heterocycles. The molecule has 0 saturated carbocycles. The van der Waals surface area contributed by atoms with Crippen LogP contribution in [0.15, 0.2) is 54.6 Å². The van der Waals surface area contributed by atoms with E-state index in [1.165, 1.54) is 0 Å². The first kappa shape index (κ1) is 14.2. The first-order chi connectivity index (χ1) is 9.70. The molecule has 2 aromatic carbocycles. The molecule has 1 atom stereocenters. The van der Waals surface area contributed by atoms with Gasteiger partial charge in [-0.3, -0.25) is 10.2 Å². The van der Waals surface area contributed by atoms with Crippen molar-refractivity contribution in [3.8, 4) is 0 Å². The van der Waals surface area contributed by atoms with Crippen molar-refractivity contribution in [1.82, 2.24) is 5.43 Å². The predicted molar refractivity (Wildman–Crippen MR) is 77.7 cm³/mol. The summed E-state index contributed by atoms with van der Waals surface area (Å²) in [5.41, 5.74) is 4.72. The second kappa shape index (κ2) is 6.84. The normalized spacial score (nSPS) is 11.9. The summed E-state index contributed by atoms with van der Waals surface area (Å²) in [6.07, 6.45) is 0.00295. The van der Waals surface area contributed by atoms with Crippen molar-refractivity contribution in [2.24, 2.45) is 5.84 Å². The lowest BCUT2D eigenvalue weighted by atomic mass is 10.1. The Hall–Kier alpha value is -2.17. The Bertz CT molecular complexity index is 570. The molecule has 0 radical (unpaired) electrons. The second-order valence-corrected chi connectivity index (χ2v) is 4.54. The molecule has 0 heterocycles. The highest BCUT2D eigenvalue weighted by molar-refractivity contribution is 5.93. The molecular weight excluding hydrogens is 252 g/mol. The SMILES string of the molecule is CC(OCc1cccc(C(=O)NN)c1)c1ccccc1. The highest BCUT2D eigenvalue weighted by Gasteiger charge is 2.07. The number of nitrogens with one attached hydrogen (secondary N) is 1. The molecule has 0 aliphatic carbocycles. The number of nitrogens with two attached hydrogens (primary N) is 1. The maximum absolute atomic E-state index is 11.4. The Labute approximate surface area is 118 Å². The molecule has 0 saturated heterocycles. The zero-order chi connectivity index (χ0) is 14.4. The topological polar surface area (TPSA) is 64.3 Å². The van der Waals surface area contributed by atoms with Crippen molar-refractivity contribution in [2.75, 3.05) is 0 Å². The highest BCUT2D eigenvalue weighted by Crippen LogP contribution is 2.18. The molecule has 0 aliphatic heterocycles. The van der Waals surface area contributed by atoms with Crippen LogP contribution in [0.25, 0.3) is 0 Å². The fourth-order valence-corrected chi connectivity index (χ4v) is 1.93. The number of nitrogen functional groups attached to an aromatic ring is 1. The van der Waals surface area contributed by atoms with E-state index in [9.17, 15) is 4.79 Å². The van der Waals surface area contributed by atoms with Gasteiger partial charge in [0.15, 0.2) is 0 Å². The van der Waals surface area contributed by atoms with Crippen molar-refractivity contribution in [2.45, 2.75) is 19.6 Å². The van der Waals surface area contributed by atoms with Crippen molar-refractivity contribution in [1.29, 1.82) is 0 Å². The third-order valence-corrected chi connectivity index (χ3v) is 3.09. The van der Waals surface area contributed by atoms with E-state index in [2.05, 4.69) is 5.43 Å². The second-order valence-electron chi connectivity index (χ2n) is 4.54. The molecule has 1 unspecified atom stereocenters. The third-order valence-electron chi connectivity index (χ3n) is 3.09. The predicted octanol–water partition coefficient (Wildman–Crippen LogP) is 2.57. The molecule has 3 N–H and O–H groups in total. The van der Waals surface area contributed by atoms with Gasteiger partial charge in [0.25, 0.3) is 5.91 Å². The number of hydrogen-bond donors (Lipinski definition) is 2. The number of ether oxygens (including phenoxy) is 1. The van der Waals surface area contributed by atoms with Crippen molar-refractivity contribution in [3.63, 3.8) is 0 Å². The number of hydrazine groups is 1. The minimum absolute atomic E-state index is 0.00295. The number of carbonyl (C=O) groups is 1. The molecule has 4 heteroatoms. The summed E-state index contributed by atoms with van der Waals surface area (Å²) in [6, 6.07) is 17.2. The average Bonchev–Trinajstić information content (AvgIpc) is 2.53. The van der Waals surface area contributed by atoms with Gasteiger partial charge in [0.2, 0.25) is 0 Å². The van der Waals surface area contributed by atoms with Crippen LogP contribution in [0.1, 0.15) is 34.5 Å².